The number of fused-ring (bicyclic) bond motifs is 4. The Morgan fingerprint density at radius 3 is 2.46 bits per heavy atom. The number of benzene rings is 1. The van der Waals surface area contributed by atoms with Crippen LogP contribution in [-0.4, -0.2) is 43.7 Å². The molecule has 6 rings (SSSR count). The lowest BCUT2D eigenvalue weighted by atomic mass is 9.52. The summed E-state index contributed by atoms with van der Waals surface area (Å²) in [4.78, 5) is 46.3. The molecule has 0 saturated heterocycles. The molecule has 2 aromatic heterocycles. The van der Waals surface area contributed by atoms with Crippen molar-refractivity contribution >= 4 is 23.4 Å². The number of Topliss-reactive ketones (excluding diaryl/α,β-unsaturated/α-hetero) is 1. The van der Waals surface area contributed by atoms with Crippen LogP contribution in [0.2, 0.25) is 0 Å². The normalized spacial score (nSPS) is 23.3. The molecule has 0 spiro atoms. The molecule has 2 heterocycles. The van der Waals surface area contributed by atoms with Gasteiger partial charge in [0, 0.05) is 24.6 Å². The first-order valence-corrected chi connectivity index (χ1v) is 11.8. The fourth-order valence-corrected chi connectivity index (χ4v) is 5.43. The molecule has 182 valence electrons. The number of halogens is 1. The van der Waals surface area contributed by atoms with E-state index in [1.165, 1.54) is 29.0 Å². The summed E-state index contributed by atoms with van der Waals surface area (Å²) in [6, 6.07) is 7.32. The first kappa shape index (κ1) is 23.1. The quantitative estimate of drug-likeness (QED) is 0.539. The van der Waals surface area contributed by atoms with E-state index in [-0.39, 0.29) is 52.0 Å². The van der Waals surface area contributed by atoms with Crippen molar-refractivity contribution in [3.8, 4) is 0 Å². The van der Waals surface area contributed by atoms with Crippen molar-refractivity contribution in [3.05, 3.63) is 59.4 Å². The van der Waals surface area contributed by atoms with E-state index in [9.17, 15) is 18.8 Å². The average Bonchev–Trinajstić information content (AvgIpc) is 3.35. The smallest absolute Gasteiger partial charge is 0.270 e. The highest BCUT2D eigenvalue weighted by Gasteiger charge is 2.50. The zero-order chi connectivity index (χ0) is 24.6. The van der Waals surface area contributed by atoms with Crippen LogP contribution in [0.25, 0.3) is 5.78 Å². The van der Waals surface area contributed by atoms with Gasteiger partial charge in [0.2, 0.25) is 0 Å². The number of hydrogen-bond donors (Lipinski definition) is 2. The van der Waals surface area contributed by atoms with Crippen molar-refractivity contribution in [1.29, 1.82) is 0 Å². The van der Waals surface area contributed by atoms with E-state index in [4.69, 9.17) is 0 Å². The number of carbonyl (C=O) groups is 3. The summed E-state index contributed by atoms with van der Waals surface area (Å²) in [6.45, 7) is 2.31. The molecule has 3 aromatic rings. The molecule has 2 N–H and O–H groups in total. The van der Waals surface area contributed by atoms with Gasteiger partial charge in [-0.25, -0.2) is 9.37 Å². The number of hydrogen-bond acceptors (Lipinski definition) is 6. The third kappa shape index (κ3) is 4.40. The van der Waals surface area contributed by atoms with Crippen molar-refractivity contribution < 1.29 is 18.8 Å². The Bertz CT molecular complexity index is 1300. The van der Waals surface area contributed by atoms with E-state index in [0.29, 0.717) is 12.1 Å². The molecule has 0 unspecified atom stereocenters. The lowest BCUT2D eigenvalue weighted by molar-refractivity contribution is -0.135. The van der Waals surface area contributed by atoms with Gasteiger partial charge in [-0.15, -0.1) is 0 Å². The van der Waals surface area contributed by atoms with Crippen LogP contribution in [-0.2, 0) is 11.3 Å². The molecular formula is C25H27FN6O3. The van der Waals surface area contributed by atoms with Crippen molar-refractivity contribution in [2.45, 2.75) is 52.0 Å². The van der Waals surface area contributed by atoms with E-state index in [1.807, 2.05) is 0 Å². The highest BCUT2D eigenvalue weighted by molar-refractivity contribution is 5.98. The topological polar surface area (TPSA) is 118 Å². The van der Waals surface area contributed by atoms with Gasteiger partial charge in [0.15, 0.2) is 0 Å². The number of nitrogens with zero attached hydrogens (tertiary/aromatic N) is 4. The van der Waals surface area contributed by atoms with E-state index < -0.39 is 5.91 Å². The van der Waals surface area contributed by atoms with Crippen molar-refractivity contribution in [2.75, 3.05) is 6.54 Å². The Morgan fingerprint density at radius 2 is 1.77 bits per heavy atom. The zero-order valence-corrected chi connectivity index (χ0v) is 19.5. The van der Waals surface area contributed by atoms with Gasteiger partial charge >= 0.3 is 0 Å². The molecular weight excluding hydrogens is 451 g/mol. The van der Waals surface area contributed by atoms with Crippen molar-refractivity contribution in [3.63, 3.8) is 0 Å². The van der Waals surface area contributed by atoms with Gasteiger partial charge in [0.05, 0.1) is 0 Å². The highest BCUT2D eigenvalue weighted by Crippen LogP contribution is 2.56. The summed E-state index contributed by atoms with van der Waals surface area (Å²) in [7, 11) is 0. The lowest BCUT2D eigenvalue weighted by Crippen LogP contribution is -2.49. The molecule has 3 saturated carbocycles. The predicted octanol–water partition coefficient (Wildman–Crippen LogP) is 2.85. The zero-order valence-electron chi connectivity index (χ0n) is 19.5. The first-order valence-electron chi connectivity index (χ1n) is 11.8. The molecule has 9 nitrogen and oxygen atoms in total. The molecule has 2 bridgehead atoms. The lowest BCUT2D eigenvalue weighted by Gasteiger charge is -2.52. The number of aromatic nitrogens is 4. The molecule has 10 heteroatoms. The van der Waals surface area contributed by atoms with Crippen LogP contribution < -0.4 is 10.6 Å². The van der Waals surface area contributed by atoms with Crippen LogP contribution >= 0.6 is 0 Å². The van der Waals surface area contributed by atoms with E-state index in [2.05, 4.69) is 25.7 Å². The molecule has 2 amide bonds. The summed E-state index contributed by atoms with van der Waals surface area (Å²) in [5, 5.41) is 9.81. The second-order valence-corrected chi connectivity index (χ2v) is 9.83. The molecule has 0 atom stereocenters. The summed E-state index contributed by atoms with van der Waals surface area (Å²) >= 11 is 0. The van der Waals surface area contributed by atoms with Gasteiger partial charge in [-0.1, -0.05) is 12.1 Å². The molecule has 0 radical (unpaired) electrons. The van der Waals surface area contributed by atoms with Crippen LogP contribution in [0.4, 0.5) is 4.39 Å². The van der Waals surface area contributed by atoms with Crippen molar-refractivity contribution in [2.24, 2.45) is 10.8 Å². The van der Waals surface area contributed by atoms with Gasteiger partial charge in [-0.2, -0.15) is 14.6 Å². The van der Waals surface area contributed by atoms with Gasteiger partial charge in [-0.05, 0) is 68.6 Å². The maximum absolute atomic E-state index is 13.4. The number of nitrogens with one attached hydrogen (secondary N) is 2. The van der Waals surface area contributed by atoms with Crippen molar-refractivity contribution in [1.82, 2.24) is 30.2 Å². The van der Waals surface area contributed by atoms with Crippen LogP contribution in [0.15, 0.2) is 36.7 Å². The van der Waals surface area contributed by atoms with Crippen LogP contribution in [0.5, 0.6) is 0 Å². The molecule has 3 aliphatic carbocycles. The molecule has 1 aromatic carbocycles. The first-order chi connectivity index (χ1) is 16.8. The largest absolute Gasteiger partial charge is 0.350 e. The standard InChI is InChI=1S/C25H27FN6O3/c1-16(33)25-8-5-24(6-9-25,7-10-25)14-28-22(35)20-12-19(31-23-29-15-30-32(20)23)21(34)27-13-17-3-2-4-18(26)11-17/h2-4,11-12,15H,5-10,13-14H2,1H3,(H,27,34)(H,28,35). The second kappa shape index (κ2) is 8.83. The Morgan fingerprint density at radius 1 is 1.03 bits per heavy atom. The monoisotopic (exact) mass is 478 g/mol. The maximum Gasteiger partial charge on any atom is 0.270 e. The Balaban J connectivity index is 1.29. The SMILES string of the molecule is CC(=O)C12CCC(CNC(=O)c3cc(C(=O)NCc4cccc(F)c4)nc4ncnn34)(CC1)CC2. The fraction of sp³-hybridized carbons (Fsp3) is 0.440. The van der Waals surface area contributed by atoms with Gasteiger partial charge < -0.3 is 10.6 Å². The molecule has 3 fully saturated rings. The average molecular weight is 479 g/mol. The van der Waals surface area contributed by atoms with Crippen LogP contribution in [0, 0.1) is 16.6 Å². The minimum atomic E-state index is -0.507. The van der Waals surface area contributed by atoms with Crippen LogP contribution in [0.1, 0.15) is 72.0 Å². The Hall–Kier alpha value is -3.69. The third-order valence-corrected chi connectivity index (χ3v) is 7.83. The third-order valence-electron chi connectivity index (χ3n) is 7.83. The second-order valence-electron chi connectivity index (χ2n) is 9.83. The minimum absolute atomic E-state index is 0.00741. The Kier molecular flexibility index (Phi) is 5.82. The van der Waals surface area contributed by atoms with Gasteiger partial charge in [0.1, 0.15) is 29.3 Å². The van der Waals surface area contributed by atoms with E-state index >= 15 is 0 Å². The summed E-state index contributed by atoms with van der Waals surface area (Å²) in [6.07, 6.45) is 6.63. The number of ketones is 1. The van der Waals surface area contributed by atoms with E-state index in [0.717, 1.165) is 38.5 Å². The fourth-order valence-electron chi connectivity index (χ4n) is 5.43. The van der Waals surface area contributed by atoms with E-state index in [1.54, 1.807) is 19.1 Å². The Labute approximate surface area is 201 Å². The molecule has 0 aliphatic heterocycles. The molecule has 35 heavy (non-hydrogen) atoms. The summed E-state index contributed by atoms with van der Waals surface area (Å²) in [5.41, 5.74) is 0.605. The maximum atomic E-state index is 13.4. The number of carbonyl (C=O) groups excluding carboxylic acids is 3. The van der Waals surface area contributed by atoms with Crippen LogP contribution in [0.3, 0.4) is 0 Å². The summed E-state index contributed by atoms with van der Waals surface area (Å²) < 4.78 is 14.7. The minimum Gasteiger partial charge on any atom is -0.350 e. The summed E-state index contributed by atoms with van der Waals surface area (Å²) in [5.74, 6) is -0.851. The number of rotatable bonds is 7. The van der Waals surface area contributed by atoms with Gasteiger partial charge in [-0.3, -0.25) is 14.4 Å². The van der Waals surface area contributed by atoms with Gasteiger partial charge in [0.25, 0.3) is 17.6 Å². The highest BCUT2D eigenvalue weighted by atomic mass is 19.1. The number of amides is 2. The molecule has 3 aliphatic rings. The predicted molar refractivity (Wildman–Crippen MR) is 124 cm³/mol.